The molecule has 2 N–H and O–H groups in total. The number of methoxy groups -OCH3 is 1. The van der Waals surface area contributed by atoms with Crippen molar-refractivity contribution in [2.75, 3.05) is 20.3 Å². The lowest BCUT2D eigenvalue weighted by molar-refractivity contribution is 0.0603. The largest absolute Gasteiger partial charge is 0.391 e. The summed E-state index contributed by atoms with van der Waals surface area (Å²) in [5.74, 6) is -0.496. The zero-order valence-electron chi connectivity index (χ0n) is 9.97. The minimum absolute atomic E-state index is 0.00914. The topological polar surface area (TPSA) is 75.6 Å². The van der Waals surface area contributed by atoms with Crippen molar-refractivity contribution in [1.82, 2.24) is 4.72 Å². The van der Waals surface area contributed by atoms with Crippen LogP contribution in [0.4, 0.5) is 4.39 Å². The molecule has 5 nitrogen and oxygen atoms in total. The third-order valence-electron chi connectivity index (χ3n) is 2.25. The van der Waals surface area contributed by atoms with E-state index in [1.165, 1.54) is 19.2 Å². The van der Waals surface area contributed by atoms with Crippen LogP contribution in [0.15, 0.2) is 29.2 Å². The zero-order chi connectivity index (χ0) is 13.6. The van der Waals surface area contributed by atoms with Crippen molar-refractivity contribution in [3.63, 3.8) is 0 Å². The minimum Gasteiger partial charge on any atom is -0.391 e. The van der Waals surface area contributed by atoms with Crippen molar-refractivity contribution < 1.29 is 22.7 Å². The van der Waals surface area contributed by atoms with Crippen LogP contribution < -0.4 is 4.72 Å². The summed E-state index contributed by atoms with van der Waals surface area (Å²) in [6, 6.07) is 4.52. The van der Waals surface area contributed by atoms with Gasteiger partial charge in [0, 0.05) is 13.7 Å². The van der Waals surface area contributed by atoms with E-state index in [9.17, 15) is 17.9 Å². The molecule has 0 amide bonds. The number of halogens is 1. The van der Waals surface area contributed by atoms with Gasteiger partial charge in [0.05, 0.1) is 17.6 Å². The Bertz CT molecular complexity index is 460. The van der Waals surface area contributed by atoms with Gasteiger partial charge in [-0.3, -0.25) is 0 Å². The van der Waals surface area contributed by atoms with Crippen molar-refractivity contribution in [2.45, 2.75) is 17.4 Å². The molecule has 0 bridgehead atoms. The Kier molecular flexibility index (Phi) is 5.67. The Morgan fingerprint density at radius 2 is 2.00 bits per heavy atom. The molecule has 0 saturated heterocycles. The van der Waals surface area contributed by atoms with Crippen LogP contribution >= 0.6 is 0 Å². The van der Waals surface area contributed by atoms with Gasteiger partial charge >= 0.3 is 0 Å². The molecule has 0 heterocycles. The number of hydrogen-bond acceptors (Lipinski definition) is 4. The van der Waals surface area contributed by atoms with Crippen molar-refractivity contribution in [3.05, 3.63) is 30.1 Å². The van der Waals surface area contributed by atoms with Crippen LogP contribution in [0.1, 0.15) is 6.42 Å². The molecule has 102 valence electrons. The Labute approximate surface area is 106 Å². The van der Waals surface area contributed by atoms with Gasteiger partial charge in [-0.2, -0.15) is 0 Å². The fourth-order valence-corrected chi connectivity index (χ4v) is 2.38. The van der Waals surface area contributed by atoms with E-state index in [2.05, 4.69) is 4.72 Å². The second-order valence-electron chi connectivity index (χ2n) is 3.75. The number of aliphatic hydroxyl groups is 1. The minimum atomic E-state index is -3.66. The van der Waals surface area contributed by atoms with E-state index in [-0.39, 0.29) is 24.5 Å². The lowest BCUT2D eigenvalue weighted by atomic mass is 10.3. The van der Waals surface area contributed by atoms with Gasteiger partial charge in [0.2, 0.25) is 10.0 Å². The first-order valence-corrected chi connectivity index (χ1v) is 6.86. The molecule has 0 aliphatic rings. The molecule has 1 atom stereocenters. The van der Waals surface area contributed by atoms with Gasteiger partial charge in [0.25, 0.3) is 0 Å². The van der Waals surface area contributed by atoms with E-state index in [4.69, 9.17) is 4.74 Å². The van der Waals surface area contributed by atoms with Crippen LogP contribution in [0, 0.1) is 5.82 Å². The van der Waals surface area contributed by atoms with Crippen LogP contribution in [-0.2, 0) is 14.8 Å². The SMILES string of the molecule is COCC(O)CCNS(=O)(=O)c1ccc(F)cc1. The van der Waals surface area contributed by atoms with Crippen molar-refractivity contribution in [2.24, 2.45) is 0 Å². The van der Waals surface area contributed by atoms with Crippen LogP contribution in [0.5, 0.6) is 0 Å². The predicted molar refractivity (Wildman–Crippen MR) is 64.1 cm³/mol. The summed E-state index contributed by atoms with van der Waals surface area (Å²) in [7, 11) is -2.21. The highest BCUT2D eigenvalue weighted by Crippen LogP contribution is 2.09. The average Bonchev–Trinajstić information content (AvgIpc) is 2.29. The number of sulfonamides is 1. The van der Waals surface area contributed by atoms with E-state index in [1.807, 2.05) is 0 Å². The first-order valence-electron chi connectivity index (χ1n) is 5.38. The van der Waals surface area contributed by atoms with Gasteiger partial charge in [-0.25, -0.2) is 17.5 Å². The molecule has 1 aromatic carbocycles. The molecule has 0 radical (unpaired) electrons. The standard InChI is InChI=1S/C11H16FNO4S/c1-17-8-10(14)6-7-13-18(15,16)11-4-2-9(12)3-5-11/h2-5,10,13-14H,6-8H2,1H3. The summed E-state index contributed by atoms with van der Waals surface area (Å²) in [6.07, 6.45) is -0.472. The highest BCUT2D eigenvalue weighted by Gasteiger charge is 2.14. The normalized spacial score (nSPS) is 13.5. The summed E-state index contributed by atoms with van der Waals surface area (Å²) in [4.78, 5) is -0.00914. The predicted octanol–water partition coefficient (Wildman–Crippen LogP) is 0.501. The van der Waals surface area contributed by atoms with Gasteiger partial charge in [-0.05, 0) is 30.7 Å². The fraction of sp³-hybridized carbons (Fsp3) is 0.455. The molecular weight excluding hydrogens is 261 g/mol. The Morgan fingerprint density at radius 1 is 1.39 bits per heavy atom. The third kappa shape index (κ3) is 4.69. The maximum absolute atomic E-state index is 12.7. The van der Waals surface area contributed by atoms with Crippen LogP contribution in [-0.4, -0.2) is 39.9 Å². The maximum atomic E-state index is 12.7. The Hall–Kier alpha value is -1.02. The fourth-order valence-electron chi connectivity index (χ4n) is 1.33. The zero-order valence-corrected chi connectivity index (χ0v) is 10.8. The molecule has 0 aromatic heterocycles. The number of rotatable bonds is 7. The molecule has 18 heavy (non-hydrogen) atoms. The summed E-state index contributed by atoms with van der Waals surface area (Å²) >= 11 is 0. The number of nitrogens with one attached hydrogen (secondary N) is 1. The molecular formula is C11H16FNO4S. The molecule has 0 aliphatic carbocycles. The van der Waals surface area contributed by atoms with E-state index in [0.717, 1.165) is 12.1 Å². The second-order valence-corrected chi connectivity index (χ2v) is 5.52. The smallest absolute Gasteiger partial charge is 0.240 e. The average molecular weight is 277 g/mol. The molecule has 7 heteroatoms. The highest BCUT2D eigenvalue weighted by molar-refractivity contribution is 7.89. The van der Waals surface area contributed by atoms with Gasteiger partial charge in [-0.15, -0.1) is 0 Å². The van der Waals surface area contributed by atoms with Crippen LogP contribution in [0.2, 0.25) is 0 Å². The first-order chi connectivity index (χ1) is 8.45. The third-order valence-corrected chi connectivity index (χ3v) is 3.73. The number of benzene rings is 1. The molecule has 0 aliphatic heterocycles. The maximum Gasteiger partial charge on any atom is 0.240 e. The van der Waals surface area contributed by atoms with E-state index in [1.54, 1.807) is 0 Å². The van der Waals surface area contributed by atoms with Crippen molar-refractivity contribution in [1.29, 1.82) is 0 Å². The quantitative estimate of drug-likeness (QED) is 0.761. The van der Waals surface area contributed by atoms with Gasteiger partial charge < -0.3 is 9.84 Å². The van der Waals surface area contributed by atoms with Gasteiger partial charge in [0.1, 0.15) is 5.82 Å². The van der Waals surface area contributed by atoms with Crippen molar-refractivity contribution >= 4 is 10.0 Å². The van der Waals surface area contributed by atoms with E-state index in [0.29, 0.717) is 0 Å². The molecule has 0 fully saturated rings. The molecule has 1 unspecified atom stereocenters. The van der Waals surface area contributed by atoms with Gasteiger partial charge in [-0.1, -0.05) is 0 Å². The highest BCUT2D eigenvalue weighted by atomic mass is 32.2. The lowest BCUT2D eigenvalue weighted by Crippen LogP contribution is -2.28. The van der Waals surface area contributed by atoms with Gasteiger partial charge in [0.15, 0.2) is 0 Å². The second kappa shape index (κ2) is 6.79. The van der Waals surface area contributed by atoms with Crippen LogP contribution in [0.3, 0.4) is 0 Å². The van der Waals surface area contributed by atoms with Crippen LogP contribution in [0.25, 0.3) is 0 Å². The number of aliphatic hydroxyl groups excluding tert-OH is 1. The summed E-state index contributed by atoms with van der Waals surface area (Å²) in [6.45, 7) is 0.239. The summed E-state index contributed by atoms with van der Waals surface area (Å²) in [5.41, 5.74) is 0. The number of ether oxygens (including phenoxy) is 1. The Morgan fingerprint density at radius 3 is 2.56 bits per heavy atom. The monoisotopic (exact) mass is 277 g/mol. The molecule has 1 aromatic rings. The lowest BCUT2D eigenvalue weighted by Gasteiger charge is -2.10. The van der Waals surface area contributed by atoms with E-state index >= 15 is 0 Å². The number of hydrogen-bond donors (Lipinski definition) is 2. The Balaban J connectivity index is 2.52. The van der Waals surface area contributed by atoms with Crippen molar-refractivity contribution in [3.8, 4) is 0 Å². The molecule has 0 spiro atoms. The summed E-state index contributed by atoms with van der Waals surface area (Å²) in [5, 5.41) is 9.34. The summed E-state index contributed by atoms with van der Waals surface area (Å²) < 4.78 is 43.2. The molecule has 0 saturated carbocycles. The molecule has 1 rings (SSSR count). The van der Waals surface area contributed by atoms with E-state index < -0.39 is 21.9 Å². The first kappa shape index (κ1) is 15.0.